The van der Waals surface area contributed by atoms with Crippen LogP contribution >= 0.6 is 11.3 Å². The Morgan fingerprint density at radius 2 is 2.20 bits per heavy atom. The van der Waals surface area contributed by atoms with Gasteiger partial charge in [-0.3, -0.25) is 14.5 Å². The zero-order valence-electron chi connectivity index (χ0n) is 16.1. The highest BCUT2D eigenvalue weighted by molar-refractivity contribution is 7.12. The van der Waals surface area contributed by atoms with Crippen molar-refractivity contribution in [3.8, 4) is 5.75 Å². The Hall–Kier alpha value is -3.65. The molecule has 0 saturated heterocycles. The van der Waals surface area contributed by atoms with Crippen LogP contribution in [0.25, 0.3) is 0 Å². The number of amides is 1. The molecular formula is C22H18N2O5S. The number of carbonyl (C=O) groups excluding carboxylic acids is 2. The number of aliphatic hydroxyl groups excluding tert-OH is 1. The summed E-state index contributed by atoms with van der Waals surface area (Å²) in [5, 5.41) is 16.4. The molecule has 0 aliphatic carbocycles. The molecule has 8 heteroatoms. The van der Waals surface area contributed by atoms with Crippen molar-refractivity contribution in [2.45, 2.75) is 13.0 Å². The number of rotatable bonds is 7. The third kappa shape index (κ3) is 3.42. The SMILES string of the molecule is C=CCOc1cccc(C2C(C(=O)c3cccs3)=C(O)C(=O)N2c2cc(C)on2)c1. The van der Waals surface area contributed by atoms with Gasteiger partial charge in [-0.1, -0.05) is 36.0 Å². The van der Waals surface area contributed by atoms with Crippen LogP contribution in [0.5, 0.6) is 5.75 Å². The van der Waals surface area contributed by atoms with Gasteiger partial charge in [-0.2, -0.15) is 0 Å². The fraction of sp³-hybridized carbons (Fsp3) is 0.136. The quantitative estimate of drug-likeness (QED) is 0.448. The van der Waals surface area contributed by atoms with Gasteiger partial charge in [0.15, 0.2) is 11.6 Å². The highest BCUT2D eigenvalue weighted by Gasteiger charge is 2.46. The maximum Gasteiger partial charge on any atom is 0.295 e. The van der Waals surface area contributed by atoms with Crippen LogP contribution < -0.4 is 9.64 Å². The van der Waals surface area contributed by atoms with Crippen molar-refractivity contribution in [3.05, 3.63) is 88.0 Å². The third-order valence-corrected chi connectivity index (χ3v) is 5.47. The monoisotopic (exact) mass is 422 g/mol. The Morgan fingerprint density at radius 1 is 1.37 bits per heavy atom. The van der Waals surface area contributed by atoms with Crippen molar-refractivity contribution in [1.82, 2.24) is 5.16 Å². The topological polar surface area (TPSA) is 92.9 Å². The first-order chi connectivity index (χ1) is 14.5. The van der Waals surface area contributed by atoms with Crippen LogP contribution in [-0.4, -0.2) is 28.6 Å². The van der Waals surface area contributed by atoms with E-state index in [2.05, 4.69) is 11.7 Å². The minimum atomic E-state index is -0.885. The average molecular weight is 422 g/mol. The molecule has 0 saturated carbocycles. The number of hydrogen-bond acceptors (Lipinski definition) is 7. The maximum absolute atomic E-state index is 13.2. The molecule has 1 atom stereocenters. The number of thiophene rings is 1. The number of anilines is 1. The van der Waals surface area contributed by atoms with Gasteiger partial charge in [0.05, 0.1) is 16.5 Å². The smallest absolute Gasteiger partial charge is 0.295 e. The summed E-state index contributed by atoms with van der Waals surface area (Å²) in [7, 11) is 0. The molecule has 3 heterocycles. The second kappa shape index (κ2) is 8.00. The number of Topliss-reactive ketones (excluding diaryl/α,β-unsaturated/α-hetero) is 1. The van der Waals surface area contributed by atoms with Crippen molar-refractivity contribution in [1.29, 1.82) is 0 Å². The molecule has 1 aliphatic heterocycles. The van der Waals surface area contributed by atoms with E-state index in [1.54, 1.807) is 60.8 Å². The van der Waals surface area contributed by atoms with Gasteiger partial charge >= 0.3 is 0 Å². The van der Waals surface area contributed by atoms with Crippen LogP contribution in [-0.2, 0) is 4.79 Å². The van der Waals surface area contributed by atoms with Crippen LogP contribution in [0.4, 0.5) is 5.82 Å². The first-order valence-electron chi connectivity index (χ1n) is 9.13. The molecule has 4 rings (SSSR count). The fourth-order valence-corrected chi connectivity index (χ4v) is 4.00. The Bertz CT molecular complexity index is 1150. The van der Waals surface area contributed by atoms with Crippen LogP contribution in [0.3, 0.4) is 0 Å². The third-order valence-electron chi connectivity index (χ3n) is 4.60. The second-order valence-electron chi connectivity index (χ2n) is 6.61. The van der Waals surface area contributed by atoms with E-state index in [-0.39, 0.29) is 11.4 Å². The van der Waals surface area contributed by atoms with Crippen molar-refractivity contribution in [2.75, 3.05) is 11.5 Å². The lowest BCUT2D eigenvalue weighted by Gasteiger charge is -2.24. The van der Waals surface area contributed by atoms with Crippen LogP contribution in [0.15, 0.2) is 76.4 Å². The number of aliphatic hydroxyl groups is 1. The molecule has 0 spiro atoms. The maximum atomic E-state index is 13.2. The van der Waals surface area contributed by atoms with E-state index in [4.69, 9.17) is 9.26 Å². The molecular weight excluding hydrogens is 404 g/mol. The minimum absolute atomic E-state index is 0.0102. The van der Waals surface area contributed by atoms with E-state index in [1.165, 1.54) is 16.2 Å². The molecule has 1 amide bonds. The Morgan fingerprint density at radius 3 is 2.87 bits per heavy atom. The highest BCUT2D eigenvalue weighted by atomic mass is 32.1. The largest absolute Gasteiger partial charge is 0.503 e. The number of carbonyl (C=O) groups is 2. The molecule has 0 radical (unpaired) electrons. The number of hydrogen-bond donors (Lipinski definition) is 1. The number of aryl methyl sites for hydroxylation is 1. The number of ketones is 1. The van der Waals surface area contributed by atoms with Gasteiger partial charge in [-0.05, 0) is 36.1 Å². The van der Waals surface area contributed by atoms with Gasteiger partial charge in [0.25, 0.3) is 5.91 Å². The van der Waals surface area contributed by atoms with Crippen molar-refractivity contribution in [2.24, 2.45) is 0 Å². The van der Waals surface area contributed by atoms with Crippen LogP contribution in [0, 0.1) is 6.92 Å². The van der Waals surface area contributed by atoms with E-state index in [0.29, 0.717) is 28.6 Å². The van der Waals surface area contributed by atoms with Crippen LogP contribution in [0.1, 0.15) is 27.0 Å². The normalized spacial score (nSPS) is 16.2. The van der Waals surface area contributed by atoms with Crippen molar-refractivity contribution >= 4 is 28.8 Å². The van der Waals surface area contributed by atoms with Gasteiger partial charge in [0.1, 0.15) is 18.1 Å². The lowest BCUT2D eigenvalue weighted by Crippen LogP contribution is -2.31. The standard InChI is InChI=1S/C22H18N2O5S/c1-3-9-28-15-7-4-6-14(12-15)19-18(20(25)16-8-5-10-30-16)21(26)22(27)24(19)17-11-13(2)29-23-17/h3-8,10-12,19,26H,1,9H2,2H3. The summed E-state index contributed by atoms with van der Waals surface area (Å²) in [6.45, 7) is 5.63. The lowest BCUT2D eigenvalue weighted by molar-refractivity contribution is -0.117. The molecule has 3 aromatic rings. The molecule has 2 aromatic heterocycles. The summed E-state index contributed by atoms with van der Waals surface area (Å²) in [5.41, 5.74) is 0.582. The van der Waals surface area contributed by atoms with Crippen molar-refractivity contribution < 1.29 is 24.0 Å². The van der Waals surface area contributed by atoms with Gasteiger partial charge in [0, 0.05) is 6.07 Å². The summed E-state index contributed by atoms with van der Waals surface area (Å²) >= 11 is 1.24. The predicted octanol–water partition coefficient (Wildman–Crippen LogP) is 4.39. The summed E-state index contributed by atoms with van der Waals surface area (Å²) in [5.74, 6) is -0.480. The van der Waals surface area contributed by atoms with E-state index >= 15 is 0 Å². The van der Waals surface area contributed by atoms with E-state index in [0.717, 1.165) is 0 Å². The summed E-state index contributed by atoms with van der Waals surface area (Å²) in [6, 6.07) is 11.1. The molecule has 1 N–H and O–H groups in total. The van der Waals surface area contributed by atoms with Gasteiger partial charge in [-0.15, -0.1) is 11.3 Å². The van der Waals surface area contributed by atoms with E-state index in [1.807, 2.05) is 0 Å². The Labute approximate surface area is 176 Å². The van der Waals surface area contributed by atoms with Crippen LogP contribution in [0.2, 0.25) is 0 Å². The summed E-state index contributed by atoms with van der Waals surface area (Å²) in [4.78, 5) is 27.9. The van der Waals surface area contributed by atoms with E-state index < -0.39 is 23.5 Å². The number of benzene rings is 1. The first-order valence-corrected chi connectivity index (χ1v) is 10.0. The molecule has 30 heavy (non-hydrogen) atoms. The lowest BCUT2D eigenvalue weighted by atomic mass is 9.95. The molecule has 0 bridgehead atoms. The van der Waals surface area contributed by atoms with Gasteiger partial charge in [-0.25, -0.2) is 0 Å². The Kier molecular flexibility index (Phi) is 5.24. The van der Waals surface area contributed by atoms with Crippen molar-refractivity contribution in [3.63, 3.8) is 0 Å². The molecule has 7 nitrogen and oxygen atoms in total. The first kappa shape index (κ1) is 19.7. The summed E-state index contributed by atoms with van der Waals surface area (Å²) < 4.78 is 10.7. The highest BCUT2D eigenvalue weighted by Crippen LogP contribution is 2.42. The van der Waals surface area contributed by atoms with Gasteiger partial charge in [0.2, 0.25) is 5.78 Å². The predicted molar refractivity (Wildman–Crippen MR) is 112 cm³/mol. The summed E-state index contributed by atoms with van der Waals surface area (Å²) in [6.07, 6.45) is 1.62. The molecule has 1 aromatic carbocycles. The number of nitrogens with zero attached hydrogens (tertiary/aromatic N) is 2. The zero-order chi connectivity index (χ0) is 21.3. The number of ether oxygens (including phenoxy) is 1. The molecule has 1 aliphatic rings. The number of aromatic nitrogens is 1. The average Bonchev–Trinajstić information content (AvgIpc) is 3.47. The van der Waals surface area contributed by atoms with Gasteiger partial charge < -0.3 is 14.4 Å². The Balaban J connectivity index is 1.84. The fourth-order valence-electron chi connectivity index (χ4n) is 3.33. The molecule has 152 valence electrons. The zero-order valence-corrected chi connectivity index (χ0v) is 16.9. The van der Waals surface area contributed by atoms with E-state index in [9.17, 15) is 14.7 Å². The second-order valence-corrected chi connectivity index (χ2v) is 7.56. The molecule has 0 fully saturated rings. The minimum Gasteiger partial charge on any atom is -0.503 e. The molecule has 1 unspecified atom stereocenters.